The van der Waals surface area contributed by atoms with Crippen LogP contribution in [0.5, 0.6) is 0 Å². The molecule has 2 heterocycles. The number of aliphatic hydroxyl groups is 1. The Bertz CT molecular complexity index is 584. The average molecular weight is 289 g/mol. The maximum Gasteiger partial charge on any atom is 0.313 e. The van der Waals surface area contributed by atoms with Crippen LogP contribution in [0.1, 0.15) is 18.1 Å². The number of anilines is 1. The van der Waals surface area contributed by atoms with Crippen molar-refractivity contribution in [3.63, 3.8) is 0 Å². The molecule has 110 valence electrons. The second-order valence-electron chi connectivity index (χ2n) is 4.31. The Balaban J connectivity index is 1.73. The molecule has 2 aromatic heterocycles. The van der Waals surface area contributed by atoms with Gasteiger partial charge in [0.05, 0.1) is 30.5 Å². The van der Waals surface area contributed by atoms with Crippen LogP contribution in [0.25, 0.3) is 0 Å². The van der Waals surface area contributed by atoms with Crippen LogP contribution in [-0.4, -0.2) is 28.4 Å². The Hall–Kier alpha value is -2.67. The normalized spacial score (nSPS) is 11.7. The molecule has 7 nitrogen and oxygen atoms in total. The lowest BCUT2D eigenvalue weighted by molar-refractivity contribution is -0.136. The van der Waals surface area contributed by atoms with Gasteiger partial charge in [-0.1, -0.05) is 0 Å². The van der Waals surface area contributed by atoms with Crippen LogP contribution in [0.3, 0.4) is 0 Å². The summed E-state index contributed by atoms with van der Waals surface area (Å²) >= 11 is 0. The van der Waals surface area contributed by atoms with Crippen molar-refractivity contribution in [1.29, 1.82) is 0 Å². The van der Waals surface area contributed by atoms with Crippen LogP contribution < -0.4 is 10.6 Å². The van der Waals surface area contributed by atoms with E-state index in [0.717, 1.165) is 0 Å². The minimum absolute atomic E-state index is 0.172. The maximum absolute atomic E-state index is 11.6. The molecule has 0 aromatic carbocycles. The van der Waals surface area contributed by atoms with E-state index in [1.165, 1.54) is 18.7 Å². The molecule has 1 atom stereocenters. The molecule has 2 amide bonds. The number of amides is 2. The first-order valence-electron chi connectivity index (χ1n) is 6.36. The molecule has 1 unspecified atom stereocenters. The summed E-state index contributed by atoms with van der Waals surface area (Å²) in [5, 5.41) is 14.6. The molecule has 0 spiro atoms. The molecule has 2 aromatic rings. The third kappa shape index (κ3) is 4.43. The minimum Gasteiger partial charge on any atom is -0.472 e. The van der Waals surface area contributed by atoms with Gasteiger partial charge in [-0.15, -0.1) is 0 Å². The van der Waals surface area contributed by atoms with Crippen LogP contribution in [0, 0.1) is 0 Å². The van der Waals surface area contributed by atoms with Crippen molar-refractivity contribution >= 4 is 17.5 Å². The van der Waals surface area contributed by atoms with Crippen molar-refractivity contribution in [1.82, 2.24) is 10.3 Å². The van der Waals surface area contributed by atoms with E-state index >= 15 is 0 Å². The molecule has 0 radical (unpaired) electrons. The molecule has 21 heavy (non-hydrogen) atoms. The van der Waals surface area contributed by atoms with Crippen molar-refractivity contribution in [3.05, 3.63) is 48.7 Å². The number of pyridine rings is 1. The molecule has 2 rings (SSSR count). The number of carbonyl (C=O) groups is 2. The molecule has 3 N–H and O–H groups in total. The molecule has 7 heteroatoms. The summed E-state index contributed by atoms with van der Waals surface area (Å²) in [5.41, 5.74) is 1.07. The van der Waals surface area contributed by atoms with E-state index in [-0.39, 0.29) is 13.0 Å². The Labute approximate surface area is 121 Å². The van der Waals surface area contributed by atoms with Crippen molar-refractivity contribution in [2.45, 2.75) is 12.5 Å². The zero-order valence-electron chi connectivity index (χ0n) is 11.2. The number of aromatic nitrogens is 1. The quantitative estimate of drug-likeness (QED) is 0.708. The molecule has 0 saturated carbocycles. The smallest absolute Gasteiger partial charge is 0.313 e. The third-order valence-electron chi connectivity index (χ3n) is 2.76. The van der Waals surface area contributed by atoms with Gasteiger partial charge in [-0.3, -0.25) is 14.6 Å². The first-order chi connectivity index (χ1) is 10.2. The predicted octanol–water partition coefficient (Wildman–Crippen LogP) is 0.853. The monoisotopic (exact) mass is 289 g/mol. The lowest BCUT2D eigenvalue weighted by atomic mass is 10.1. The van der Waals surface area contributed by atoms with Crippen LogP contribution in [0.15, 0.2) is 47.5 Å². The highest BCUT2D eigenvalue weighted by atomic mass is 16.3. The summed E-state index contributed by atoms with van der Waals surface area (Å²) in [5.74, 6) is -1.54. The molecule has 0 saturated heterocycles. The molecule has 0 aliphatic heterocycles. The van der Waals surface area contributed by atoms with Gasteiger partial charge in [0.2, 0.25) is 0 Å². The second kappa shape index (κ2) is 7.20. The summed E-state index contributed by atoms with van der Waals surface area (Å²) in [6, 6.07) is 4.91. The number of carbonyl (C=O) groups excluding carboxylic acids is 2. The molecular weight excluding hydrogens is 274 g/mol. The molecule has 0 aliphatic rings. The summed E-state index contributed by atoms with van der Waals surface area (Å²) in [4.78, 5) is 27.0. The number of hydrogen-bond acceptors (Lipinski definition) is 5. The van der Waals surface area contributed by atoms with Crippen LogP contribution in [0.4, 0.5) is 5.69 Å². The summed E-state index contributed by atoms with van der Waals surface area (Å²) in [6.45, 7) is 0.172. The lowest BCUT2D eigenvalue weighted by Crippen LogP contribution is -2.36. The van der Waals surface area contributed by atoms with Gasteiger partial charge in [0, 0.05) is 18.3 Å². The van der Waals surface area contributed by atoms with Gasteiger partial charge >= 0.3 is 11.8 Å². The van der Waals surface area contributed by atoms with Crippen LogP contribution in [-0.2, 0) is 9.59 Å². The van der Waals surface area contributed by atoms with Gasteiger partial charge < -0.3 is 20.2 Å². The number of rotatable bonds is 5. The number of furan rings is 1. The first-order valence-corrected chi connectivity index (χ1v) is 6.36. The van der Waals surface area contributed by atoms with Gasteiger partial charge in [0.15, 0.2) is 0 Å². The van der Waals surface area contributed by atoms with Crippen molar-refractivity contribution < 1.29 is 19.1 Å². The molecular formula is C14H15N3O4. The first kappa shape index (κ1) is 14.7. The van der Waals surface area contributed by atoms with E-state index in [9.17, 15) is 14.7 Å². The average Bonchev–Trinajstić information content (AvgIpc) is 3.02. The van der Waals surface area contributed by atoms with Gasteiger partial charge in [-0.25, -0.2) is 0 Å². The fraction of sp³-hybridized carbons (Fsp3) is 0.214. The van der Waals surface area contributed by atoms with E-state index in [4.69, 9.17) is 4.42 Å². The van der Waals surface area contributed by atoms with Gasteiger partial charge in [0.1, 0.15) is 0 Å². The Morgan fingerprint density at radius 1 is 1.33 bits per heavy atom. The number of nitrogens with one attached hydrogen (secondary N) is 2. The fourth-order valence-corrected chi connectivity index (χ4v) is 1.66. The molecule has 0 fully saturated rings. The van der Waals surface area contributed by atoms with Crippen molar-refractivity contribution in [2.24, 2.45) is 0 Å². The van der Waals surface area contributed by atoms with E-state index in [2.05, 4.69) is 15.6 Å². The maximum atomic E-state index is 11.6. The number of hydrogen-bond donors (Lipinski definition) is 3. The highest BCUT2D eigenvalue weighted by Gasteiger charge is 2.14. The highest BCUT2D eigenvalue weighted by Crippen LogP contribution is 2.15. The van der Waals surface area contributed by atoms with Gasteiger partial charge in [0.25, 0.3) is 0 Å². The number of aliphatic hydroxyl groups excluding tert-OH is 1. The largest absolute Gasteiger partial charge is 0.472 e. The zero-order valence-corrected chi connectivity index (χ0v) is 11.2. The van der Waals surface area contributed by atoms with Crippen LogP contribution in [0.2, 0.25) is 0 Å². The topological polar surface area (TPSA) is 104 Å². The highest BCUT2D eigenvalue weighted by molar-refractivity contribution is 6.39. The van der Waals surface area contributed by atoms with Crippen molar-refractivity contribution in [2.75, 3.05) is 11.9 Å². The van der Waals surface area contributed by atoms with Crippen molar-refractivity contribution in [3.8, 4) is 0 Å². The SMILES string of the molecule is O=C(NCCC(O)c1ccoc1)C(=O)Nc1cccnc1. The van der Waals surface area contributed by atoms with Gasteiger partial charge in [-0.05, 0) is 24.6 Å². The minimum atomic E-state index is -0.777. The van der Waals surface area contributed by atoms with E-state index in [1.807, 2.05) is 0 Å². The summed E-state index contributed by atoms with van der Waals surface area (Å²) < 4.78 is 4.85. The summed E-state index contributed by atoms with van der Waals surface area (Å²) in [6.07, 6.45) is 5.43. The zero-order chi connectivity index (χ0) is 15.1. The predicted molar refractivity (Wildman–Crippen MR) is 74.2 cm³/mol. The molecule has 0 bridgehead atoms. The van der Waals surface area contributed by atoms with Gasteiger partial charge in [-0.2, -0.15) is 0 Å². The summed E-state index contributed by atoms with van der Waals surface area (Å²) in [7, 11) is 0. The second-order valence-corrected chi connectivity index (χ2v) is 4.31. The number of nitrogens with zero attached hydrogens (tertiary/aromatic N) is 1. The third-order valence-corrected chi connectivity index (χ3v) is 2.76. The fourth-order valence-electron chi connectivity index (χ4n) is 1.66. The lowest BCUT2D eigenvalue weighted by Gasteiger charge is -2.09. The van der Waals surface area contributed by atoms with E-state index < -0.39 is 17.9 Å². The van der Waals surface area contributed by atoms with E-state index in [1.54, 1.807) is 24.4 Å². The van der Waals surface area contributed by atoms with E-state index in [0.29, 0.717) is 11.3 Å². The Morgan fingerprint density at radius 2 is 2.19 bits per heavy atom. The molecule has 0 aliphatic carbocycles. The standard InChI is InChI=1S/C14H15N3O4/c18-12(10-4-7-21-9-10)3-6-16-13(19)14(20)17-11-2-1-5-15-8-11/h1-2,4-5,7-9,12,18H,3,6H2,(H,16,19)(H,17,20). The Morgan fingerprint density at radius 3 is 2.86 bits per heavy atom. The van der Waals surface area contributed by atoms with Crippen LogP contribution >= 0.6 is 0 Å². The Kier molecular flexibility index (Phi) is 5.05.